The Hall–Kier alpha value is -1.27. The van der Waals surface area contributed by atoms with E-state index in [4.69, 9.17) is 4.74 Å². The van der Waals surface area contributed by atoms with Crippen LogP contribution >= 0.6 is 0 Å². The molecule has 0 aromatic rings. The van der Waals surface area contributed by atoms with E-state index in [1.54, 1.807) is 0 Å². The third-order valence-corrected chi connectivity index (χ3v) is 4.00. The maximum Gasteiger partial charge on any atom is 0.326 e. The van der Waals surface area contributed by atoms with Crippen LogP contribution in [0.25, 0.3) is 0 Å². The molecule has 1 aliphatic heterocycles. The summed E-state index contributed by atoms with van der Waals surface area (Å²) in [6.07, 6.45) is 19.6. The zero-order valence-corrected chi connectivity index (χ0v) is 14.4. The number of rotatable bonds is 12. The zero-order chi connectivity index (χ0) is 16.0. The lowest BCUT2D eigenvalue weighted by atomic mass is 10.0. The molecule has 1 heterocycles. The lowest BCUT2D eigenvalue weighted by Crippen LogP contribution is -2.30. The molecule has 124 valence electrons. The molecule has 1 unspecified atom stereocenters. The summed E-state index contributed by atoms with van der Waals surface area (Å²) in [5.41, 5.74) is 3.15. The Kier molecular flexibility index (Phi) is 10.5. The average molecular weight is 304 g/mol. The van der Waals surface area contributed by atoms with Crippen molar-refractivity contribution in [2.45, 2.75) is 84.5 Å². The molecule has 2 heteroatoms. The number of unbranched alkanes of at least 4 members (excludes halogenated alkanes) is 9. The predicted octanol–water partition coefficient (Wildman–Crippen LogP) is 6.09. The van der Waals surface area contributed by atoms with Gasteiger partial charge >= 0.3 is 5.97 Å². The monoisotopic (exact) mass is 304 g/mol. The van der Waals surface area contributed by atoms with Crippen LogP contribution in [0, 0.1) is 5.92 Å². The van der Waals surface area contributed by atoms with Gasteiger partial charge in [-0.25, -0.2) is 0 Å². The van der Waals surface area contributed by atoms with Gasteiger partial charge in [-0.05, 0) is 31.8 Å². The third kappa shape index (κ3) is 7.66. The molecule has 0 aromatic carbocycles. The second-order valence-corrected chi connectivity index (χ2v) is 6.09. The van der Waals surface area contributed by atoms with E-state index in [0.29, 0.717) is 5.76 Å². The number of hydrogen-bond donors (Lipinski definition) is 0. The highest BCUT2D eigenvalue weighted by Crippen LogP contribution is 2.27. The Balaban J connectivity index is 2.23. The van der Waals surface area contributed by atoms with Gasteiger partial charge in [0.15, 0.2) is 5.76 Å². The molecule has 0 aliphatic carbocycles. The molecule has 1 aliphatic rings. The average Bonchev–Trinajstić information content (AvgIpc) is 2.52. The number of carbonyl (C=O) groups excluding carboxylic acids is 1. The lowest BCUT2D eigenvalue weighted by molar-refractivity contribution is -0.153. The molecular formula is C20H32O2. The normalized spacial score (nSPS) is 17.3. The van der Waals surface area contributed by atoms with Gasteiger partial charge in [0.1, 0.15) is 5.92 Å². The van der Waals surface area contributed by atoms with Crippen LogP contribution in [0.3, 0.4) is 0 Å². The summed E-state index contributed by atoms with van der Waals surface area (Å²) < 4.78 is 5.08. The number of cyclic esters (lactones) is 1. The maximum absolute atomic E-state index is 11.5. The molecule has 22 heavy (non-hydrogen) atoms. The Bertz CT molecular complexity index is 400. The molecule has 0 radical (unpaired) electrons. The van der Waals surface area contributed by atoms with Crippen molar-refractivity contribution in [1.29, 1.82) is 0 Å². The first kappa shape index (κ1) is 18.8. The first-order chi connectivity index (χ1) is 10.8. The minimum Gasteiger partial charge on any atom is -0.420 e. The van der Waals surface area contributed by atoms with Crippen molar-refractivity contribution >= 4 is 5.97 Å². The van der Waals surface area contributed by atoms with Gasteiger partial charge in [-0.15, -0.1) is 0 Å². The lowest BCUT2D eigenvalue weighted by Gasteiger charge is -2.23. The van der Waals surface area contributed by atoms with Gasteiger partial charge in [-0.1, -0.05) is 76.7 Å². The molecule has 0 aromatic heterocycles. The third-order valence-electron chi connectivity index (χ3n) is 4.00. The van der Waals surface area contributed by atoms with E-state index >= 15 is 0 Å². The molecule has 0 saturated carbocycles. The number of carbonyl (C=O) groups is 1. The summed E-state index contributed by atoms with van der Waals surface area (Å²) in [6, 6.07) is 0. The summed E-state index contributed by atoms with van der Waals surface area (Å²) >= 11 is 0. The van der Waals surface area contributed by atoms with Crippen LogP contribution in [-0.4, -0.2) is 5.97 Å². The molecule has 0 spiro atoms. The first-order valence-electron chi connectivity index (χ1n) is 9.13. The molecule has 0 amide bonds. The van der Waals surface area contributed by atoms with Crippen LogP contribution in [0.4, 0.5) is 0 Å². The molecule has 0 bridgehead atoms. The fraction of sp³-hybridized carbons (Fsp3) is 0.700. The standard InChI is InChI=1S/C20H32O2/c1-3-5-7-9-11-13-15-17-19-18(20(21)22-19)16-14-12-10-8-6-4-2/h14-16,18H,3-13H2,1-2H3/b16-14+. The SMILES string of the molecule is CCCCCC/C=C/C1C(=O)OC1=C=CCCCCCCC. The van der Waals surface area contributed by atoms with Crippen LogP contribution in [-0.2, 0) is 9.53 Å². The number of ether oxygens (including phenoxy) is 1. The highest BCUT2D eigenvalue weighted by Gasteiger charge is 2.34. The van der Waals surface area contributed by atoms with Crippen LogP contribution < -0.4 is 0 Å². The highest BCUT2D eigenvalue weighted by atomic mass is 16.6. The second-order valence-electron chi connectivity index (χ2n) is 6.09. The molecule has 0 N–H and O–H groups in total. The zero-order valence-electron chi connectivity index (χ0n) is 14.4. The van der Waals surface area contributed by atoms with E-state index in [2.05, 4.69) is 25.7 Å². The Morgan fingerprint density at radius 1 is 0.955 bits per heavy atom. The van der Waals surface area contributed by atoms with Gasteiger partial charge in [-0.2, -0.15) is 0 Å². The van der Waals surface area contributed by atoms with Crippen LogP contribution in [0.5, 0.6) is 0 Å². The van der Waals surface area contributed by atoms with Crippen molar-refractivity contribution in [1.82, 2.24) is 0 Å². The summed E-state index contributed by atoms with van der Waals surface area (Å²) in [6.45, 7) is 4.44. The summed E-state index contributed by atoms with van der Waals surface area (Å²) in [5.74, 6) is 0.384. The molecule has 1 fully saturated rings. The fourth-order valence-corrected chi connectivity index (χ4v) is 2.51. The molecule has 1 rings (SSSR count). The molecular weight excluding hydrogens is 272 g/mol. The van der Waals surface area contributed by atoms with Crippen molar-refractivity contribution in [2.75, 3.05) is 0 Å². The van der Waals surface area contributed by atoms with Gasteiger partial charge in [-0.3, -0.25) is 4.79 Å². The molecule has 2 nitrogen and oxygen atoms in total. The van der Waals surface area contributed by atoms with Crippen LogP contribution in [0.2, 0.25) is 0 Å². The Morgan fingerprint density at radius 3 is 2.27 bits per heavy atom. The minimum absolute atomic E-state index is 0.136. The topological polar surface area (TPSA) is 26.3 Å². The summed E-state index contributed by atoms with van der Waals surface area (Å²) in [4.78, 5) is 11.5. The van der Waals surface area contributed by atoms with Crippen molar-refractivity contribution < 1.29 is 9.53 Å². The fourth-order valence-electron chi connectivity index (χ4n) is 2.51. The number of hydrogen-bond acceptors (Lipinski definition) is 2. The van der Waals surface area contributed by atoms with Gasteiger partial charge in [0, 0.05) is 0 Å². The van der Waals surface area contributed by atoms with E-state index in [-0.39, 0.29) is 11.9 Å². The van der Waals surface area contributed by atoms with Crippen LogP contribution in [0.1, 0.15) is 84.5 Å². The first-order valence-corrected chi connectivity index (χ1v) is 9.13. The van der Waals surface area contributed by atoms with E-state index in [1.165, 1.54) is 57.8 Å². The van der Waals surface area contributed by atoms with Gasteiger partial charge in [0.05, 0.1) is 0 Å². The highest BCUT2D eigenvalue weighted by molar-refractivity contribution is 5.84. The minimum atomic E-state index is -0.178. The summed E-state index contributed by atoms with van der Waals surface area (Å²) in [7, 11) is 0. The quantitative estimate of drug-likeness (QED) is 0.189. The van der Waals surface area contributed by atoms with Gasteiger partial charge in [0.25, 0.3) is 0 Å². The second kappa shape index (κ2) is 12.3. The largest absolute Gasteiger partial charge is 0.420 e. The van der Waals surface area contributed by atoms with E-state index in [9.17, 15) is 4.79 Å². The van der Waals surface area contributed by atoms with Crippen molar-refractivity contribution in [2.24, 2.45) is 5.92 Å². The predicted molar refractivity (Wildman–Crippen MR) is 92.5 cm³/mol. The summed E-state index contributed by atoms with van der Waals surface area (Å²) in [5, 5.41) is 0. The molecule has 1 atom stereocenters. The van der Waals surface area contributed by atoms with Crippen LogP contribution in [0.15, 0.2) is 29.7 Å². The number of esters is 1. The Morgan fingerprint density at radius 2 is 1.59 bits per heavy atom. The van der Waals surface area contributed by atoms with Gasteiger partial charge < -0.3 is 4.74 Å². The van der Waals surface area contributed by atoms with Crippen molar-refractivity contribution in [3.8, 4) is 0 Å². The van der Waals surface area contributed by atoms with E-state index < -0.39 is 0 Å². The number of allylic oxidation sites excluding steroid dienone is 1. The van der Waals surface area contributed by atoms with Crippen molar-refractivity contribution in [3.05, 3.63) is 29.7 Å². The van der Waals surface area contributed by atoms with E-state index in [1.807, 2.05) is 12.2 Å². The smallest absolute Gasteiger partial charge is 0.326 e. The molecule has 1 saturated heterocycles. The van der Waals surface area contributed by atoms with E-state index in [0.717, 1.165) is 12.8 Å². The van der Waals surface area contributed by atoms with Gasteiger partial charge in [0.2, 0.25) is 0 Å². The Labute approximate surface area is 136 Å². The van der Waals surface area contributed by atoms with Crippen molar-refractivity contribution in [3.63, 3.8) is 0 Å². The maximum atomic E-state index is 11.5.